The lowest BCUT2D eigenvalue weighted by Crippen LogP contribution is -2.09. The first-order valence-corrected chi connectivity index (χ1v) is 10.5. The van der Waals surface area contributed by atoms with Gasteiger partial charge in [-0.2, -0.15) is 17.6 Å². The van der Waals surface area contributed by atoms with Gasteiger partial charge in [0.2, 0.25) is 0 Å². The Morgan fingerprint density at radius 3 is 2.47 bits per heavy atom. The zero-order chi connectivity index (χ0) is 25.1. The van der Waals surface area contributed by atoms with E-state index >= 15 is 0 Å². The maximum atomic E-state index is 12.9. The fourth-order valence-electron chi connectivity index (χ4n) is 2.93. The molecule has 0 saturated heterocycles. The van der Waals surface area contributed by atoms with Crippen LogP contribution in [0, 0.1) is 0 Å². The lowest BCUT2D eigenvalue weighted by atomic mass is 10.0. The molecule has 6 nitrogen and oxygen atoms in total. The van der Waals surface area contributed by atoms with Crippen LogP contribution in [0.15, 0.2) is 64.8 Å². The number of hydrogen-bond donors (Lipinski definition) is 2. The van der Waals surface area contributed by atoms with E-state index in [-0.39, 0.29) is 35.1 Å². The number of aliphatic imine (C=N–C) groups is 1. The Morgan fingerprint density at radius 2 is 1.85 bits per heavy atom. The van der Waals surface area contributed by atoms with Crippen molar-refractivity contribution in [1.82, 2.24) is 4.98 Å². The first-order valence-electron chi connectivity index (χ1n) is 10.5. The number of allylic oxidation sites excluding steroid dienone is 2. The van der Waals surface area contributed by atoms with Gasteiger partial charge >= 0.3 is 13.2 Å². The van der Waals surface area contributed by atoms with Crippen molar-refractivity contribution >= 4 is 6.21 Å². The maximum absolute atomic E-state index is 12.9. The molecule has 0 aliphatic heterocycles. The van der Waals surface area contributed by atoms with Gasteiger partial charge in [-0.05, 0) is 37.6 Å². The molecule has 0 fully saturated rings. The van der Waals surface area contributed by atoms with Crippen LogP contribution in [0.5, 0.6) is 11.5 Å². The van der Waals surface area contributed by atoms with E-state index in [0.717, 1.165) is 12.8 Å². The Kier molecular flexibility index (Phi) is 10.7. The third-order valence-corrected chi connectivity index (χ3v) is 4.57. The Labute approximate surface area is 194 Å². The number of alkyl halides is 4. The second kappa shape index (κ2) is 13.5. The molecule has 2 rings (SSSR count). The quantitative estimate of drug-likeness (QED) is 0.301. The minimum atomic E-state index is -3.15. The number of halogens is 4. The summed E-state index contributed by atoms with van der Waals surface area (Å²) in [6, 6.07) is 7.85. The molecule has 0 radical (unpaired) electrons. The van der Waals surface area contributed by atoms with Crippen molar-refractivity contribution in [2.24, 2.45) is 4.99 Å². The average molecular weight is 482 g/mol. The summed E-state index contributed by atoms with van der Waals surface area (Å²) in [5, 5.41) is 20.3. The van der Waals surface area contributed by atoms with Gasteiger partial charge in [0.1, 0.15) is 17.5 Å². The van der Waals surface area contributed by atoms with Crippen LogP contribution < -0.4 is 9.47 Å². The third kappa shape index (κ3) is 7.96. The molecule has 0 aliphatic carbocycles. The number of pyridine rings is 1. The molecule has 1 heterocycles. The highest BCUT2D eigenvalue weighted by Gasteiger charge is 2.19. The zero-order valence-corrected chi connectivity index (χ0v) is 18.7. The van der Waals surface area contributed by atoms with E-state index < -0.39 is 19.3 Å². The standard InChI is InChI=1S/C24H26F4N2O4/c1-3-5-8-17(14-31)29-13-15(4-2)22(32)19-10-11-20(34-24(27)28)21(30-19)16-7-6-9-18(12-16)33-23(25)26/h4,6-13,22-24,31-32H,3,5,14H2,1-2H3/b15-4+,17-8+,29-13+/t22-/m0/s1. The fourth-order valence-corrected chi connectivity index (χ4v) is 2.93. The van der Waals surface area contributed by atoms with Gasteiger partial charge in [0.05, 0.1) is 18.0 Å². The van der Waals surface area contributed by atoms with Gasteiger partial charge in [-0.3, -0.25) is 4.99 Å². The molecule has 34 heavy (non-hydrogen) atoms. The largest absolute Gasteiger partial charge is 0.435 e. The van der Waals surface area contributed by atoms with Crippen molar-refractivity contribution in [3.05, 3.63) is 65.5 Å². The highest BCUT2D eigenvalue weighted by atomic mass is 19.3. The van der Waals surface area contributed by atoms with Crippen LogP contribution in [0.1, 0.15) is 38.5 Å². The first-order chi connectivity index (χ1) is 16.3. The molecule has 2 N–H and O–H groups in total. The molecular formula is C24H26F4N2O4. The van der Waals surface area contributed by atoms with Gasteiger partial charge in [-0.25, -0.2) is 4.98 Å². The number of hydrogen-bond acceptors (Lipinski definition) is 6. The molecule has 0 amide bonds. The molecule has 10 heteroatoms. The number of aliphatic hydroxyl groups excluding tert-OH is 2. The van der Waals surface area contributed by atoms with Crippen LogP contribution in [-0.2, 0) is 0 Å². The Bertz CT molecular complexity index is 1030. The first kappa shape index (κ1) is 27.0. The third-order valence-electron chi connectivity index (χ3n) is 4.57. The number of rotatable bonds is 12. The molecular weight excluding hydrogens is 456 g/mol. The van der Waals surface area contributed by atoms with Crippen LogP contribution in [0.25, 0.3) is 11.3 Å². The summed E-state index contributed by atoms with van der Waals surface area (Å²) in [5.74, 6) is -0.499. The molecule has 0 bridgehead atoms. The lowest BCUT2D eigenvalue weighted by molar-refractivity contribution is -0.0500. The van der Waals surface area contributed by atoms with E-state index in [9.17, 15) is 27.8 Å². The van der Waals surface area contributed by atoms with Crippen LogP contribution >= 0.6 is 0 Å². The second-order valence-electron chi connectivity index (χ2n) is 6.96. The Morgan fingerprint density at radius 1 is 1.12 bits per heavy atom. The summed E-state index contributed by atoms with van der Waals surface area (Å²) in [5.41, 5.74) is 0.927. The van der Waals surface area contributed by atoms with Gasteiger partial charge in [-0.1, -0.05) is 37.6 Å². The summed E-state index contributed by atoms with van der Waals surface area (Å²) < 4.78 is 60.0. The SMILES string of the molecule is C\C=C(/C=N/C(=C/CCC)CO)[C@H](O)c1ccc(OC(F)F)c(-c2cccc(OC(F)F)c2)n1. The number of nitrogens with zero attached hydrogens (tertiary/aromatic N) is 2. The van der Waals surface area contributed by atoms with Crippen LogP contribution in [0.2, 0.25) is 0 Å². The summed E-state index contributed by atoms with van der Waals surface area (Å²) >= 11 is 0. The lowest BCUT2D eigenvalue weighted by Gasteiger charge is -2.16. The van der Waals surface area contributed by atoms with Crippen molar-refractivity contribution in [1.29, 1.82) is 0 Å². The van der Waals surface area contributed by atoms with E-state index in [0.29, 0.717) is 11.3 Å². The van der Waals surface area contributed by atoms with Crippen LogP contribution in [-0.4, -0.2) is 41.2 Å². The van der Waals surface area contributed by atoms with Crippen molar-refractivity contribution in [3.8, 4) is 22.8 Å². The van der Waals surface area contributed by atoms with E-state index in [1.54, 1.807) is 19.1 Å². The molecule has 1 atom stereocenters. The minimum absolute atomic E-state index is 0.0828. The van der Waals surface area contributed by atoms with Crippen LogP contribution in [0.4, 0.5) is 17.6 Å². The second-order valence-corrected chi connectivity index (χ2v) is 6.96. The predicted octanol–water partition coefficient (Wildman–Crippen LogP) is 5.68. The van der Waals surface area contributed by atoms with Crippen molar-refractivity contribution in [3.63, 3.8) is 0 Å². The van der Waals surface area contributed by atoms with Gasteiger partial charge in [-0.15, -0.1) is 0 Å². The summed E-state index contributed by atoms with van der Waals surface area (Å²) in [7, 11) is 0. The number of aliphatic hydroxyl groups is 2. The number of unbranched alkanes of at least 4 members (excludes halogenated alkanes) is 1. The van der Waals surface area contributed by atoms with E-state index in [1.807, 2.05) is 6.92 Å². The summed E-state index contributed by atoms with van der Waals surface area (Å²) in [4.78, 5) is 8.46. The predicted molar refractivity (Wildman–Crippen MR) is 120 cm³/mol. The molecule has 0 unspecified atom stereocenters. The molecule has 0 spiro atoms. The zero-order valence-electron chi connectivity index (χ0n) is 18.7. The average Bonchev–Trinajstić information content (AvgIpc) is 2.80. The van der Waals surface area contributed by atoms with Crippen molar-refractivity contribution in [2.75, 3.05) is 6.61 Å². The monoisotopic (exact) mass is 482 g/mol. The number of aromatic nitrogens is 1. The molecule has 184 valence electrons. The topological polar surface area (TPSA) is 84.2 Å². The fraction of sp³-hybridized carbons (Fsp3) is 0.333. The highest BCUT2D eigenvalue weighted by molar-refractivity contribution is 5.81. The molecule has 1 aromatic carbocycles. The maximum Gasteiger partial charge on any atom is 0.387 e. The van der Waals surface area contributed by atoms with E-state index in [1.165, 1.54) is 42.6 Å². The molecule has 0 aliphatic rings. The Balaban J connectivity index is 2.44. The van der Waals surface area contributed by atoms with Crippen LogP contribution in [0.3, 0.4) is 0 Å². The van der Waals surface area contributed by atoms with Crippen molar-refractivity contribution in [2.45, 2.75) is 46.0 Å². The normalized spacial score (nSPS) is 13.7. The molecule has 1 aromatic heterocycles. The highest BCUT2D eigenvalue weighted by Crippen LogP contribution is 2.34. The minimum Gasteiger partial charge on any atom is -0.435 e. The summed E-state index contributed by atoms with van der Waals surface area (Å²) in [6.45, 7) is -2.85. The van der Waals surface area contributed by atoms with E-state index in [2.05, 4.69) is 19.5 Å². The number of ether oxygens (including phenoxy) is 2. The smallest absolute Gasteiger partial charge is 0.387 e. The van der Waals surface area contributed by atoms with Gasteiger partial charge < -0.3 is 19.7 Å². The van der Waals surface area contributed by atoms with Gasteiger partial charge in [0.15, 0.2) is 5.75 Å². The van der Waals surface area contributed by atoms with Gasteiger partial charge in [0, 0.05) is 17.4 Å². The van der Waals surface area contributed by atoms with Gasteiger partial charge in [0.25, 0.3) is 0 Å². The summed E-state index contributed by atoms with van der Waals surface area (Å²) in [6.07, 6.45) is 5.06. The van der Waals surface area contributed by atoms with E-state index in [4.69, 9.17) is 0 Å². The number of benzene rings is 1. The molecule has 2 aromatic rings. The molecule has 0 saturated carbocycles. The van der Waals surface area contributed by atoms with Crippen molar-refractivity contribution < 1.29 is 37.2 Å². The Hall–Kier alpha value is -3.24.